The normalized spacial score (nSPS) is 10.3. The van der Waals surface area contributed by atoms with Crippen LogP contribution in [0.25, 0.3) is 0 Å². The minimum atomic E-state index is -0.186. The fourth-order valence-electron chi connectivity index (χ4n) is 1.41. The summed E-state index contributed by atoms with van der Waals surface area (Å²) in [5.41, 5.74) is 6.55. The minimum absolute atomic E-state index is 0.186. The number of pyridine rings is 1. The molecule has 3 N–H and O–H groups in total. The van der Waals surface area contributed by atoms with Gasteiger partial charge in [-0.1, -0.05) is 13.3 Å². The van der Waals surface area contributed by atoms with Crippen LogP contribution < -0.4 is 11.1 Å². The third-order valence-corrected chi connectivity index (χ3v) is 2.49. The number of ether oxygens (including phenoxy) is 1. The van der Waals surface area contributed by atoms with Crippen LogP contribution in [0.3, 0.4) is 0 Å². The highest BCUT2D eigenvalue weighted by molar-refractivity contribution is 5.98. The standard InChI is InChI=1S/C13H21N3O2/c1-2-3-8-18-9-4-6-16-13(17)11-10-15-7-5-12(11)14/h5,7,10H,2-4,6,8-9H2,1H3,(H2,14,15)(H,16,17). The molecule has 0 aromatic carbocycles. The van der Waals surface area contributed by atoms with Gasteiger partial charge in [0.1, 0.15) is 0 Å². The van der Waals surface area contributed by atoms with E-state index in [1.54, 1.807) is 12.3 Å². The molecule has 0 bridgehead atoms. The maximum absolute atomic E-state index is 11.7. The Kier molecular flexibility index (Phi) is 6.79. The predicted molar refractivity (Wildman–Crippen MR) is 71.3 cm³/mol. The van der Waals surface area contributed by atoms with Crippen LogP contribution in [0.15, 0.2) is 18.5 Å². The molecule has 0 spiro atoms. The average molecular weight is 251 g/mol. The number of carbonyl (C=O) groups excluding carboxylic acids is 1. The van der Waals surface area contributed by atoms with E-state index in [1.165, 1.54) is 6.20 Å². The van der Waals surface area contributed by atoms with Crippen LogP contribution in [0.4, 0.5) is 5.69 Å². The molecule has 0 radical (unpaired) electrons. The number of aromatic nitrogens is 1. The average Bonchev–Trinajstić information content (AvgIpc) is 2.38. The fourth-order valence-corrected chi connectivity index (χ4v) is 1.41. The van der Waals surface area contributed by atoms with Gasteiger partial charge in [-0.3, -0.25) is 9.78 Å². The summed E-state index contributed by atoms with van der Waals surface area (Å²) in [6.45, 7) is 4.17. The Morgan fingerprint density at radius 1 is 1.44 bits per heavy atom. The second kappa shape index (κ2) is 8.47. The summed E-state index contributed by atoms with van der Waals surface area (Å²) in [6.07, 6.45) is 6.06. The zero-order chi connectivity index (χ0) is 13.2. The summed E-state index contributed by atoms with van der Waals surface area (Å²) in [5, 5.41) is 2.79. The van der Waals surface area contributed by atoms with Crippen LogP contribution in [0.5, 0.6) is 0 Å². The third kappa shape index (κ3) is 5.14. The van der Waals surface area contributed by atoms with E-state index in [0.717, 1.165) is 25.9 Å². The number of nitrogens with zero attached hydrogens (tertiary/aromatic N) is 1. The molecular weight excluding hydrogens is 230 g/mol. The van der Waals surface area contributed by atoms with Crippen molar-refractivity contribution in [3.8, 4) is 0 Å². The van der Waals surface area contributed by atoms with Crippen molar-refractivity contribution in [3.63, 3.8) is 0 Å². The molecule has 0 atom stereocenters. The molecule has 1 amide bonds. The van der Waals surface area contributed by atoms with Gasteiger partial charge >= 0.3 is 0 Å². The van der Waals surface area contributed by atoms with Crippen LogP contribution in [0, 0.1) is 0 Å². The minimum Gasteiger partial charge on any atom is -0.398 e. The van der Waals surface area contributed by atoms with Crippen molar-refractivity contribution in [1.82, 2.24) is 10.3 Å². The zero-order valence-corrected chi connectivity index (χ0v) is 10.8. The van der Waals surface area contributed by atoms with E-state index in [9.17, 15) is 4.79 Å². The molecule has 1 aromatic rings. The molecule has 1 rings (SSSR count). The number of rotatable bonds is 8. The Hall–Kier alpha value is -1.62. The van der Waals surface area contributed by atoms with Crippen LogP contribution in [0.2, 0.25) is 0 Å². The van der Waals surface area contributed by atoms with E-state index < -0.39 is 0 Å². The number of hydrogen-bond acceptors (Lipinski definition) is 4. The quantitative estimate of drug-likeness (QED) is 0.688. The molecule has 100 valence electrons. The molecule has 5 heteroatoms. The van der Waals surface area contributed by atoms with E-state index in [2.05, 4.69) is 17.2 Å². The van der Waals surface area contributed by atoms with E-state index in [0.29, 0.717) is 24.4 Å². The van der Waals surface area contributed by atoms with Gasteiger partial charge in [-0.2, -0.15) is 0 Å². The molecule has 0 unspecified atom stereocenters. The lowest BCUT2D eigenvalue weighted by Crippen LogP contribution is -2.26. The van der Waals surface area contributed by atoms with Crippen molar-refractivity contribution in [2.75, 3.05) is 25.5 Å². The molecule has 0 aliphatic heterocycles. The van der Waals surface area contributed by atoms with Crippen molar-refractivity contribution in [3.05, 3.63) is 24.0 Å². The Balaban J connectivity index is 2.16. The van der Waals surface area contributed by atoms with Gasteiger partial charge < -0.3 is 15.8 Å². The lowest BCUT2D eigenvalue weighted by molar-refractivity contribution is 0.0941. The number of nitrogens with one attached hydrogen (secondary N) is 1. The van der Waals surface area contributed by atoms with Gasteiger partial charge in [0.2, 0.25) is 0 Å². The second-order valence-electron chi connectivity index (χ2n) is 4.04. The number of nitrogen functional groups attached to an aromatic ring is 1. The first-order valence-corrected chi connectivity index (χ1v) is 6.31. The number of hydrogen-bond donors (Lipinski definition) is 2. The van der Waals surface area contributed by atoms with Crippen molar-refractivity contribution >= 4 is 11.6 Å². The third-order valence-electron chi connectivity index (χ3n) is 2.49. The second-order valence-corrected chi connectivity index (χ2v) is 4.04. The Bertz CT molecular complexity index is 369. The van der Waals surface area contributed by atoms with Gasteiger partial charge in [0, 0.05) is 37.8 Å². The molecule has 18 heavy (non-hydrogen) atoms. The van der Waals surface area contributed by atoms with Gasteiger partial charge in [-0.25, -0.2) is 0 Å². The van der Waals surface area contributed by atoms with Crippen LogP contribution in [-0.4, -0.2) is 30.6 Å². The molecular formula is C13H21N3O2. The van der Waals surface area contributed by atoms with Crippen molar-refractivity contribution < 1.29 is 9.53 Å². The lowest BCUT2D eigenvalue weighted by atomic mass is 10.2. The van der Waals surface area contributed by atoms with Crippen LogP contribution in [-0.2, 0) is 4.74 Å². The summed E-state index contributed by atoms with van der Waals surface area (Å²) in [6, 6.07) is 1.61. The number of carbonyl (C=O) groups is 1. The maximum atomic E-state index is 11.7. The first-order chi connectivity index (χ1) is 8.75. The van der Waals surface area contributed by atoms with E-state index in [-0.39, 0.29) is 5.91 Å². The lowest BCUT2D eigenvalue weighted by Gasteiger charge is -2.07. The summed E-state index contributed by atoms with van der Waals surface area (Å²) >= 11 is 0. The topological polar surface area (TPSA) is 77.2 Å². The fraction of sp³-hybridized carbons (Fsp3) is 0.538. The predicted octanol–water partition coefficient (Wildman–Crippen LogP) is 1.60. The van der Waals surface area contributed by atoms with E-state index >= 15 is 0 Å². The van der Waals surface area contributed by atoms with Crippen molar-refractivity contribution in [1.29, 1.82) is 0 Å². The van der Waals surface area contributed by atoms with Gasteiger partial charge in [0.15, 0.2) is 0 Å². The monoisotopic (exact) mass is 251 g/mol. The molecule has 1 heterocycles. The summed E-state index contributed by atoms with van der Waals surface area (Å²) < 4.78 is 5.40. The Labute approximate surface area is 108 Å². The van der Waals surface area contributed by atoms with Gasteiger partial charge in [0.25, 0.3) is 5.91 Å². The smallest absolute Gasteiger partial charge is 0.254 e. The summed E-state index contributed by atoms with van der Waals surface area (Å²) in [4.78, 5) is 15.6. The largest absolute Gasteiger partial charge is 0.398 e. The zero-order valence-electron chi connectivity index (χ0n) is 10.8. The summed E-state index contributed by atoms with van der Waals surface area (Å²) in [7, 11) is 0. The molecule has 0 saturated carbocycles. The first-order valence-electron chi connectivity index (χ1n) is 6.31. The van der Waals surface area contributed by atoms with Gasteiger partial charge in [-0.15, -0.1) is 0 Å². The molecule has 5 nitrogen and oxygen atoms in total. The number of amides is 1. The van der Waals surface area contributed by atoms with Crippen LogP contribution in [0.1, 0.15) is 36.5 Å². The number of anilines is 1. The summed E-state index contributed by atoms with van der Waals surface area (Å²) in [5.74, 6) is -0.186. The maximum Gasteiger partial charge on any atom is 0.254 e. The molecule has 0 aliphatic rings. The number of unbranched alkanes of at least 4 members (excludes halogenated alkanes) is 1. The van der Waals surface area contributed by atoms with Gasteiger partial charge in [0.05, 0.1) is 5.56 Å². The molecule has 0 aliphatic carbocycles. The Morgan fingerprint density at radius 2 is 2.22 bits per heavy atom. The molecule has 0 fully saturated rings. The van der Waals surface area contributed by atoms with Crippen molar-refractivity contribution in [2.24, 2.45) is 0 Å². The molecule has 1 aromatic heterocycles. The first kappa shape index (κ1) is 14.4. The highest BCUT2D eigenvalue weighted by atomic mass is 16.5. The van der Waals surface area contributed by atoms with E-state index in [1.807, 2.05) is 0 Å². The Morgan fingerprint density at radius 3 is 2.94 bits per heavy atom. The SMILES string of the molecule is CCCCOCCCNC(=O)c1cnccc1N. The van der Waals surface area contributed by atoms with E-state index in [4.69, 9.17) is 10.5 Å². The van der Waals surface area contributed by atoms with Gasteiger partial charge in [-0.05, 0) is 18.9 Å². The number of nitrogens with two attached hydrogens (primary N) is 1. The highest BCUT2D eigenvalue weighted by Gasteiger charge is 2.08. The van der Waals surface area contributed by atoms with Crippen molar-refractivity contribution in [2.45, 2.75) is 26.2 Å². The van der Waals surface area contributed by atoms with Crippen LogP contribution >= 0.6 is 0 Å². The highest BCUT2D eigenvalue weighted by Crippen LogP contribution is 2.07. The molecule has 0 saturated heterocycles.